The quantitative estimate of drug-likeness (QED) is 0.799. The molecule has 0 saturated heterocycles. The fraction of sp³-hybridized carbons (Fsp3) is 0.429. The van der Waals surface area contributed by atoms with E-state index in [0.717, 1.165) is 25.5 Å². The van der Waals surface area contributed by atoms with Crippen LogP contribution < -0.4 is 5.32 Å². The summed E-state index contributed by atoms with van der Waals surface area (Å²) in [6, 6.07) is 0. The Morgan fingerprint density at radius 2 is 1.95 bits per heavy atom. The number of allylic oxidation sites excluding steroid dienone is 1. The molecule has 1 aromatic heterocycles. The van der Waals surface area contributed by atoms with Crippen molar-refractivity contribution in [3.8, 4) is 0 Å². The van der Waals surface area contributed by atoms with Gasteiger partial charge in [0.1, 0.15) is 5.69 Å². The number of nitrogens with one attached hydrogen (secondary N) is 1. The third-order valence-electron chi connectivity index (χ3n) is 3.22. The van der Waals surface area contributed by atoms with E-state index in [0.29, 0.717) is 6.54 Å². The maximum absolute atomic E-state index is 11.8. The molecule has 1 amide bonds. The van der Waals surface area contributed by atoms with Crippen molar-refractivity contribution < 1.29 is 14.7 Å². The van der Waals surface area contributed by atoms with Crippen molar-refractivity contribution >= 4 is 11.9 Å². The lowest BCUT2D eigenvalue weighted by atomic mass is 9.97. The number of carboxylic acid groups (broad SMARTS) is 1. The lowest BCUT2D eigenvalue weighted by Crippen LogP contribution is -2.26. The van der Waals surface area contributed by atoms with Gasteiger partial charge < -0.3 is 10.4 Å². The molecule has 1 aliphatic rings. The molecule has 0 aromatic carbocycles. The standard InChI is InChI=1S/C14H17N3O3/c18-13(11-8-17-12(9-16-11)14(19)20)15-7-6-10-4-2-1-3-5-10/h4,8-9H,1-3,5-7H2,(H,15,18)(H,19,20). The second-order valence-corrected chi connectivity index (χ2v) is 4.71. The summed E-state index contributed by atoms with van der Waals surface area (Å²) in [5.74, 6) is -1.49. The summed E-state index contributed by atoms with van der Waals surface area (Å²) >= 11 is 0. The van der Waals surface area contributed by atoms with Gasteiger partial charge in [0.25, 0.3) is 5.91 Å². The average Bonchev–Trinajstić information content (AvgIpc) is 2.48. The Bertz CT molecular complexity index is 523. The monoisotopic (exact) mass is 275 g/mol. The van der Waals surface area contributed by atoms with Crippen LogP contribution in [0.4, 0.5) is 0 Å². The number of rotatable bonds is 5. The minimum absolute atomic E-state index is 0.132. The maximum atomic E-state index is 11.8. The molecule has 0 unspecified atom stereocenters. The molecule has 0 spiro atoms. The molecule has 0 radical (unpaired) electrons. The van der Waals surface area contributed by atoms with E-state index in [-0.39, 0.29) is 17.3 Å². The molecule has 2 rings (SSSR count). The van der Waals surface area contributed by atoms with Crippen molar-refractivity contribution in [3.63, 3.8) is 0 Å². The lowest BCUT2D eigenvalue weighted by molar-refractivity contribution is 0.0689. The van der Waals surface area contributed by atoms with Gasteiger partial charge in [0.15, 0.2) is 5.69 Å². The second-order valence-electron chi connectivity index (χ2n) is 4.71. The highest BCUT2D eigenvalue weighted by molar-refractivity contribution is 5.92. The fourth-order valence-electron chi connectivity index (χ4n) is 2.11. The van der Waals surface area contributed by atoms with Crippen LogP contribution in [0.15, 0.2) is 24.0 Å². The molecule has 6 heteroatoms. The Labute approximate surface area is 116 Å². The van der Waals surface area contributed by atoms with Crippen LogP contribution in [-0.4, -0.2) is 33.5 Å². The summed E-state index contributed by atoms with van der Waals surface area (Å²) in [5, 5.41) is 11.5. The third kappa shape index (κ3) is 3.88. The summed E-state index contributed by atoms with van der Waals surface area (Å²) in [5.41, 5.74) is 1.35. The summed E-state index contributed by atoms with van der Waals surface area (Å²) in [6.45, 7) is 0.563. The lowest BCUT2D eigenvalue weighted by Gasteiger charge is -2.12. The van der Waals surface area contributed by atoms with Gasteiger partial charge in [0, 0.05) is 6.54 Å². The first-order chi connectivity index (χ1) is 9.66. The van der Waals surface area contributed by atoms with Crippen LogP contribution in [0.5, 0.6) is 0 Å². The number of amides is 1. The van der Waals surface area contributed by atoms with E-state index in [2.05, 4.69) is 21.4 Å². The highest BCUT2D eigenvalue weighted by Crippen LogP contribution is 2.19. The zero-order valence-corrected chi connectivity index (χ0v) is 11.1. The largest absolute Gasteiger partial charge is 0.476 e. The molecule has 1 aliphatic carbocycles. The SMILES string of the molecule is O=C(O)c1cnc(C(=O)NCCC2=CCCCC2)cn1. The molecule has 0 bridgehead atoms. The first-order valence-electron chi connectivity index (χ1n) is 6.68. The minimum Gasteiger partial charge on any atom is -0.476 e. The van der Waals surface area contributed by atoms with Gasteiger partial charge in [0.2, 0.25) is 0 Å². The summed E-state index contributed by atoms with van der Waals surface area (Å²) in [6.07, 6.45) is 10.1. The summed E-state index contributed by atoms with van der Waals surface area (Å²) in [4.78, 5) is 29.9. The zero-order valence-electron chi connectivity index (χ0n) is 11.1. The Morgan fingerprint density at radius 1 is 1.20 bits per heavy atom. The van der Waals surface area contributed by atoms with Crippen molar-refractivity contribution in [2.75, 3.05) is 6.54 Å². The molecule has 20 heavy (non-hydrogen) atoms. The van der Waals surface area contributed by atoms with E-state index in [1.807, 2.05) is 0 Å². The molecule has 1 heterocycles. The van der Waals surface area contributed by atoms with Gasteiger partial charge in [-0.1, -0.05) is 11.6 Å². The molecule has 1 aromatic rings. The number of aromatic nitrogens is 2. The molecule has 0 atom stereocenters. The smallest absolute Gasteiger partial charge is 0.356 e. The zero-order chi connectivity index (χ0) is 14.4. The Kier molecular flexibility index (Phi) is 4.81. The number of nitrogens with zero attached hydrogens (tertiary/aromatic N) is 2. The van der Waals surface area contributed by atoms with Crippen molar-refractivity contribution in [2.45, 2.75) is 32.1 Å². The topological polar surface area (TPSA) is 92.2 Å². The van der Waals surface area contributed by atoms with Gasteiger partial charge in [-0.25, -0.2) is 14.8 Å². The Hall–Kier alpha value is -2.24. The van der Waals surface area contributed by atoms with Gasteiger partial charge in [-0.2, -0.15) is 0 Å². The molecule has 6 nitrogen and oxygen atoms in total. The molecule has 0 aliphatic heterocycles. The van der Waals surface area contributed by atoms with Gasteiger partial charge in [0.05, 0.1) is 12.4 Å². The second kappa shape index (κ2) is 6.79. The Balaban J connectivity index is 1.82. The number of carbonyl (C=O) groups is 2. The van der Waals surface area contributed by atoms with Crippen LogP contribution in [0.25, 0.3) is 0 Å². The van der Waals surface area contributed by atoms with Crippen LogP contribution in [0.2, 0.25) is 0 Å². The molecular weight excluding hydrogens is 258 g/mol. The number of aromatic carboxylic acids is 1. The highest BCUT2D eigenvalue weighted by atomic mass is 16.4. The first kappa shape index (κ1) is 14.2. The van der Waals surface area contributed by atoms with Crippen LogP contribution in [-0.2, 0) is 0 Å². The van der Waals surface area contributed by atoms with Crippen molar-refractivity contribution in [1.82, 2.24) is 15.3 Å². The van der Waals surface area contributed by atoms with E-state index in [9.17, 15) is 9.59 Å². The number of carbonyl (C=O) groups excluding carboxylic acids is 1. The summed E-state index contributed by atoms with van der Waals surface area (Å²) < 4.78 is 0. The number of hydrogen-bond acceptors (Lipinski definition) is 4. The Morgan fingerprint density at radius 3 is 2.55 bits per heavy atom. The summed E-state index contributed by atoms with van der Waals surface area (Å²) in [7, 11) is 0. The molecule has 0 fully saturated rings. The third-order valence-corrected chi connectivity index (χ3v) is 3.22. The van der Waals surface area contributed by atoms with E-state index in [4.69, 9.17) is 5.11 Å². The minimum atomic E-state index is -1.16. The van der Waals surface area contributed by atoms with Gasteiger partial charge >= 0.3 is 5.97 Å². The van der Waals surface area contributed by atoms with Gasteiger partial charge in [-0.05, 0) is 32.1 Å². The predicted molar refractivity (Wildman–Crippen MR) is 72.5 cm³/mol. The molecule has 2 N–H and O–H groups in total. The highest BCUT2D eigenvalue weighted by Gasteiger charge is 2.10. The van der Waals surface area contributed by atoms with Crippen LogP contribution in [0, 0.1) is 0 Å². The molecule has 0 saturated carbocycles. The van der Waals surface area contributed by atoms with Crippen molar-refractivity contribution in [2.24, 2.45) is 0 Å². The molecule has 106 valence electrons. The van der Waals surface area contributed by atoms with E-state index in [1.54, 1.807) is 0 Å². The van der Waals surface area contributed by atoms with Crippen molar-refractivity contribution in [1.29, 1.82) is 0 Å². The van der Waals surface area contributed by atoms with E-state index in [1.165, 1.54) is 24.6 Å². The van der Waals surface area contributed by atoms with E-state index < -0.39 is 5.97 Å². The fourth-order valence-corrected chi connectivity index (χ4v) is 2.11. The predicted octanol–water partition coefficient (Wildman–Crippen LogP) is 1.80. The van der Waals surface area contributed by atoms with Gasteiger partial charge in [-0.15, -0.1) is 0 Å². The van der Waals surface area contributed by atoms with Crippen LogP contribution in [0.1, 0.15) is 53.1 Å². The van der Waals surface area contributed by atoms with Crippen LogP contribution >= 0.6 is 0 Å². The number of hydrogen-bond donors (Lipinski definition) is 2. The van der Waals surface area contributed by atoms with E-state index >= 15 is 0 Å². The number of carboxylic acids is 1. The van der Waals surface area contributed by atoms with Crippen LogP contribution in [0.3, 0.4) is 0 Å². The average molecular weight is 275 g/mol. The maximum Gasteiger partial charge on any atom is 0.356 e. The first-order valence-corrected chi connectivity index (χ1v) is 6.68. The molecular formula is C14H17N3O3. The normalized spacial score (nSPS) is 14.5. The van der Waals surface area contributed by atoms with Gasteiger partial charge in [-0.3, -0.25) is 4.79 Å². The van der Waals surface area contributed by atoms with Crippen molar-refractivity contribution in [3.05, 3.63) is 35.4 Å².